The van der Waals surface area contributed by atoms with Gasteiger partial charge in [-0.15, -0.1) is 0 Å². The number of benzene rings is 3. The quantitative estimate of drug-likeness (QED) is 0.205. The lowest BCUT2D eigenvalue weighted by Crippen LogP contribution is -2.52. The first-order chi connectivity index (χ1) is 20.6. The number of carbonyl (C=O) groups excluding carboxylic acids is 2. The van der Waals surface area contributed by atoms with Crippen molar-refractivity contribution in [2.75, 3.05) is 31.6 Å². The maximum Gasteiger partial charge on any atom is 0.264 e. The van der Waals surface area contributed by atoms with Crippen molar-refractivity contribution in [3.05, 3.63) is 82.3 Å². The summed E-state index contributed by atoms with van der Waals surface area (Å²) in [6, 6.07) is 16.5. The van der Waals surface area contributed by atoms with Crippen molar-refractivity contribution in [1.29, 1.82) is 0 Å². The highest BCUT2D eigenvalue weighted by molar-refractivity contribution is 7.92. The monoisotopic (exact) mass is 649 g/mol. The van der Waals surface area contributed by atoms with Crippen LogP contribution >= 0.6 is 23.2 Å². The highest BCUT2D eigenvalue weighted by Gasteiger charge is 2.34. The number of hydrogen-bond acceptors (Lipinski definition) is 6. The van der Waals surface area contributed by atoms with E-state index in [1.54, 1.807) is 49.4 Å². The molecule has 0 aliphatic heterocycles. The maximum atomic E-state index is 14.2. The van der Waals surface area contributed by atoms with E-state index in [4.69, 9.17) is 32.7 Å². The van der Waals surface area contributed by atoms with Crippen molar-refractivity contribution in [1.82, 2.24) is 10.2 Å². The first kappa shape index (κ1) is 34.0. The van der Waals surface area contributed by atoms with Crippen LogP contribution in [0.4, 0.5) is 5.69 Å². The Morgan fingerprint density at radius 2 is 1.60 bits per heavy atom. The number of nitrogens with one attached hydrogen (secondary N) is 1. The van der Waals surface area contributed by atoms with Gasteiger partial charge in [-0.1, -0.05) is 67.7 Å². The van der Waals surface area contributed by atoms with Crippen molar-refractivity contribution in [3.63, 3.8) is 0 Å². The van der Waals surface area contributed by atoms with Crippen molar-refractivity contribution < 1.29 is 27.5 Å². The average molecular weight is 651 g/mol. The molecule has 12 heteroatoms. The van der Waals surface area contributed by atoms with Crippen LogP contribution in [0.2, 0.25) is 10.0 Å². The largest absolute Gasteiger partial charge is 0.493 e. The summed E-state index contributed by atoms with van der Waals surface area (Å²) < 4.78 is 39.8. The van der Waals surface area contributed by atoms with Gasteiger partial charge in [0.15, 0.2) is 11.5 Å². The number of sulfonamides is 1. The fraction of sp³-hybridized carbons (Fsp3) is 0.355. The molecule has 2 amide bonds. The molecule has 1 atom stereocenters. The number of amides is 2. The van der Waals surface area contributed by atoms with Crippen LogP contribution in [-0.2, 0) is 26.2 Å². The minimum atomic E-state index is -4.23. The van der Waals surface area contributed by atoms with Gasteiger partial charge in [-0.25, -0.2) is 8.42 Å². The Kier molecular flexibility index (Phi) is 12.5. The smallest absolute Gasteiger partial charge is 0.264 e. The number of nitrogens with zero attached hydrogens (tertiary/aromatic N) is 2. The molecule has 0 aliphatic carbocycles. The molecule has 9 nitrogen and oxygen atoms in total. The lowest BCUT2D eigenvalue weighted by atomic mass is 10.1. The summed E-state index contributed by atoms with van der Waals surface area (Å²) in [6.07, 6.45) is 1.97. The molecule has 0 saturated heterocycles. The normalized spacial score (nSPS) is 11.9. The highest BCUT2D eigenvalue weighted by Crippen LogP contribution is 2.34. The van der Waals surface area contributed by atoms with E-state index >= 15 is 0 Å². The van der Waals surface area contributed by atoms with Crippen molar-refractivity contribution in [2.45, 2.75) is 50.6 Å². The van der Waals surface area contributed by atoms with E-state index in [0.717, 1.165) is 17.1 Å². The molecule has 3 aromatic carbocycles. The number of methoxy groups -OCH3 is 2. The van der Waals surface area contributed by atoms with Crippen LogP contribution in [-0.4, -0.2) is 58.5 Å². The zero-order chi connectivity index (χ0) is 31.6. The second-order valence-corrected chi connectivity index (χ2v) is 12.4. The Bertz CT molecular complexity index is 1500. The number of rotatable bonds is 15. The number of halogens is 2. The van der Waals surface area contributed by atoms with Crippen LogP contribution in [0.15, 0.2) is 71.6 Å². The van der Waals surface area contributed by atoms with E-state index in [1.807, 2.05) is 6.92 Å². The summed E-state index contributed by atoms with van der Waals surface area (Å²) in [5, 5.41) is 3.55. The average Bonchev–Trinajstić information content (AvgIpc) is 3.01. The molecule has 0 spiro atoms. The number of unbranched alkanes of at least 4 members (excludes halogenated alkanes) is 1. The molecule has 0 saturated carbocycles. The Balaban J connectivity index is 2.09. The van der Waals surface area contributed by atoms with E-state index in [0.29, 0.717) is 34.3 Å². The minimum Gasteiger partial charge on any atom is -0.493 e. The van der Waals surface area contributed by atoms with E-state index in [-0.39, 0.29) is 28.8 Å². The van der Waals surface area contributed by atoms with Gasteiger partial charge in [-0.2, -0.15) is 0 Å². The Labute approximate surface area is 263 Å². The third-order valence-corrected chi connectivity index (χ3v) is 9.34. The van der Waals surface area contributed by atoms with Gasteiger partial charge >= 0.3 is 0 Å². The van der Waals surface area contributed by atoms with Crippen molar-refractivity contribution in [3.8, 4) is 11.5 Å². The van der Waals surface area contributed by atoms with Crippen molar-refractivity contribution >= 4 is 50.7 Å². The molecular formula is C31H37Cl2N3O6S. The third-order valence-electron chi connectivity index (χ3n) is 6.82. The van der Waals surface area contributed by atoms with Gasteiger partial charge in [-0.05, 0) is 54.8 Å². The molecule has 3 rings (SSSR count). The molecule has 1 unspecified atom stereocenters. The van der Waals surface area contributed by atoms with E-state index in [1.165, 1.54) is 43.4 Å². The van der Waals surface area contributed by atoms with Crippen LogP contribution in [0, 0.1) is 0 Å². The van der Waals surface area contributed by atoms with Gasteiger partial charge < -0.3 is 19.7 Å². The lowest BCUT2D eigenvalue weighted by Gasteiger charge is -2.33. The van der Waals surface area contributed by atoms with Crippen LogP contribution in [0.5, 0.6) is 11.5 Å². The number of hydrogen-bond donors (Lipinski definition) is 1. The lowest BCUT2D eigenvalue weighted by molar-refractivity contribution is -0.140. The van der Waals surface area contributed by atoms with Crippen LogP contribution in [0.1, 0.15) is 38.7 Å². The first-order valence-corrected chi connectivity index (χ1v) is 16.1. The third kappa shape index (κ3) is 8.55. The molecular weight excluding hydrogens is 613 g/mol. The van der Waals surface area contributed by atoms with Gasteiger partial charge in [0.2, 0.25) is 11.8 Å². The van der Waals surface area contributed by atoms with Gasteiger partial charge in [0, 0.05) is 19.2 Å². The summed E-state index contributed by atoms with van der Waals surface area (Å²) in [4.78, 5) is 28.9. The number of ether oxygens (including phenoxy) is 2. The Hall–Kier alpha value is -3.47. The Morgan fingerprint density at radius 1 is 0.907 bits per heavy atom. The molecule has 1 N–H and O–H groups in total. The number of anilines is 1. The summed E-state index contributed by atoms with van der Waals surface area (Å²) >= 11 is 12.4. The second-order valence-electron chi connectivity index (χ2n) is 9.70. The van der Waals surface area contributed by atoms with Crippen LogP contribution < -0.4 is 19.1 Å². The Morgan fingerprint density at radius 3 is 2.21 bits per heavy atom. The fourth-order valence-electron chi connectivity index (χ4n) is 4.49. The van der Waals surface area contributed by atoms with Crippen LogP contribution in [0.25, 0.3) is 0 Å². The minimum absolute atomic E-state index is 0.000580. The first-order valence-electron chi connectivity index (χ1n) is 13.9. The SMILES string of the molecule is CCCCNC(=O)C(CC)N(Cc1ccc(Cl)c(Cl)c1)C(=O)CN(c1ccc(OC)c(OC)c1)S(=O)(=O)c1ccccc1. The number of carbonyl (C=O) groups is 2. The van der Waals surface area contributed by atoms with Gasteiger partial charge in [-0.3, -0.25) is 13.9 Å². The standard InChI is InChI=1S/C31H37Cl2N3O6S/c1-5-7-17-34-31(38)27(6-2)35(20-22-13-15-25(32)26(33)18-22)30(37)21-36(43(39,40)24-11-9-8-10-12-24)23-14-16-28(41-3)29(19-23)42-4/h8-16,18-19,27H,5-7,17,20-21H2,1-4H3,(H,34,38). The highest BCUT2D eigenvalue weighted by atomic mass is 35.5. The summed E-state index contributed by atoms with van der Waals surface area (Å²) in [6.45, 7) is 3.68. The van der Waals surface area contributed by atoms with Crippen molar-refractivity contribution in [2.24, 2.45) is 0 Å². The fourth-order valence-corrected chi connectivity index (χ4v) is 6.24. The van der Waals surface area contributed by atoms with Gasteiger partial charge in [0.25, 0.3) is 10.0 Å². The second kappa shape index (κ2) is 15.8. The topological polar surface area (TPSA) is 105 Å². The van der Waals surface area contributed by atoms with E-state index in [9.17, 15) is 18.0 Å². The van der Waals surface area contributed by atoms with E-state index in [2.05, 4.69) is 5.32 Å². The van der Waals surface area contributed by atoms with Gasteiger partial charge in [0.1, 0.15) is 12.6 Å². The summed E-state index contributed by atoms with van der Waals surface area (Å²) in [5.74, 6) is -0.230. The molecule has 3 aromatic rings. The molecule has 0 fully saturated rings. The summed E-state index contributed by atoms with van der Waals surface area (Å²) in [7, 11) is -1.33. The molecule has 0 heterocycles. The molecule has 43 heavy (non-hydrogen) atoms. The zero-order valence-corrected chi connectivity index (χ0v) is 27.0. The molecule has 0 radical (unpaired) electrons. The predicted octanol–water partition coefficient (Wildman–Crippen LogP) is 5.93. The van der Waals surface area contributed by atoms with Crippen LogP contribution in [0.3, 0.4) is 0 Å². The molecule has 0 aliphatic rings. The molecule has 0 bridgehead atoms. The molecule has 232 valence electrons. The van der Waals surface area contributed by atoms with Gasteiger partial charge in [0.05, 0.1) is 34.8 Å². The summed E-state index contributed by atoms with van der Waals surface area (Å²) in [5.41, 5.74) is 0.816. The van der Waals surface area contributed by atoms with E-state index < -0.39 is 28.5 Å². The maximum absolute atomic E-state index is 14.2. The predicted molar refractivity (Wildman–Crippen MR) is 170 cm³/mol. The molecule has 0 aromatic heterocycles. The zero-order valence-electron chi connectivity index (χ0n) is 24.7.